The first kappa shape index (κ1) is 34.6. The number of aromatic nitrogens is 1. The molecule has 5 rings (SSSR count). The molecule has 0 fully saturated rings. The van der Waals surface area contributed by atoms with Crippen LogP contribution in [-0.2, 0) is 22.1 Å². The van der Waals surface area contributed by atoms with Crippen molar-refractivity contribution in [1.82, 2.24) is 9.88 Å². The van der Waals surface area contributed by atoms with E-state index in [1.807, 2.05) is 30.3 Å². The average molecular weight is 670 g/mol. The SMILES string of the molecule is CCOC(=O)CCCNC(c1ccccc1)[C@H]1CNc2c(Cc3c(F)cccc3C(F)(F)F)c(C)c(-c3cccc(OC)c3F)c(=O)n21. The fraction of sp³-hybridized carbons (Fsp3) is 0.333. The molecule has 2 atom stereocenters. The van der Waals surface area contributed by atoms with Gasteiger partial charge in [-0.1, -0.05) is 48.5 Å². The van der Waals surface area contributed by atoms with Gasteiger partial charge in [0, 0.05) is 36.1 Å². The second-order valence-electron chi connectivity index (χ2n) is 11.5. The number of esters is 1. The third-order valence-corrected chi connectivity index (χ3v) is 8.60. The first-order valence-electron chi connectivity index (χ1n) is 15.6. The topological polar surface area (TPSA) is 81.6 Å². The van der Waals surface area contributed by atoms with Crippen molar-refractivity contribution in [3.05, 3.63) is 117 Å². The molecule has 1 aromatic heterocycles. The fourth-order valence-electron chi connectivity index (χ4n) is 6.36. The van der Waals surface area contributed by atoms with Gasteiger partial charge in [-0.25, -0.2) is 8.78 Å². The fourth-order valence-corrected chi connectivity index (χ4v) is 6.36. The summed E-state index contributed by atoms with van der Waals surface area (Å²) in [6, 6.07) is 15.2. The van der Waals surface area contributed by atoms with Crippen LogP contribution in [0.5, 0.6) is 5.75 Å². The molecule has 0 saturated carbocycles. The molecule has 4 aromatic rings. The molecule has 3 aromatic carbocycles. The number of fused-ring (bicyclic) bond motifs is 1. The molecule has 0 radical (unpaired) electrons. The van der Waals surface area contributed by atoms with E-state index in [1.54, 1.807) is 6.92 Å². The molecule has 2 heterocycles. The smallest absolute Gasteiger partial charge is 0.416 e. The quantitative estimate of drug-likeness (QED) is 0.0933. The van der Waals surface area contributed by atoms with E-state index in [9.17, 15) is 22.8 Å². The average Bonchev–Trinajstić information content (AvgIpc) is 3.49. The van der Waals surface area contributed by atoms with E-state index < -0.39 is 53.0 Å². The van der Waals surface area contributed by atoms with Gasteiger partial charge in [-0.2, -0.15) is 13.2 Å². The van der Waals surface area contributed by atoms with Crippen LogP contribution in [-0.4, -0.2) is 37.3 Å². The number of methoxy groups -OCH3 is 1. The Morgan fingerprint density at radius 2 is 1.77 bits per heavy atom. The monoisotopic (exact) mass is 669 g/mol. The molecular weight excluding hydrogens is 633 g/mol. The van der Waals surface area contributed by atoms with E-state index >= 15 is 8.78 Å². The van der Waals surface area contributed by atoms with Crippen LogP contribution in [0.1, 0.15) is 59.7 Å². The summed E-state index contributed by atoms with van der Waals surface area (Å²) in [5.41, 5.74) is -1.23. The zero-order chi connectivity index (χ0) is 34.6. The number of anilines is 1. The molecule has 0 bridgehead atoms. The number of halogens is 5. The van der Waals surface area contributed by atoms with E-state index in [0.29, 0.717) is 13.0 Å². The molecule has 254 valence electrons. The summed E-state index contributed by atoms with van der Waals surface area (Å²) in [7, 11) is 1.28. The lowest BCUT2D eigenvalue weighted by Gasteiger charge is -2.28. The lowest BCUT2D eigenvalue weighted by molar-refractivity contribution is -0.143. The lowest BCUT2D eigenvalue weighted by Crippen LogP contribution is -2.36. The summed E-state index contributed by atoms with van der Waals surface area (Å²) in [6.45, 7) is 4.07. The summed E-state index contributed by atoms with van der Waals surface area (Å²) < 4.78 is 85.0. The zero-order valence-electron chi connectivity index (χ0n) is 26.7. The number of nitrogens with zero attached hydrogens (tertiary/aromatic N) is 1. The number of rotatable bonds is 12. The molecule has 1 unspecified atom stereocenters. The summed E-state index contributed by atoms with van der Waals surface area (Å²) >= 11 is 0. The van der Waals surface area contributed by atoms with Crippen LogP contribution < -0.4 is 20.9 Å². The van der Waals surface area contributed by atoms with Crippen LogP contribution in [0.25, 0.3) is 11.1 Å². The van der Waals surface area contributed by atoms with E-state index in [2.05, 4.69) is 10.6 Å². The zero-order valence-corrected chi connectivity index (χ0v) is 26.7. The predicted molar refractivity (Wildman–Crippen MR) is 172 cm³/mol. The molecule has 0 aliphatic carbocycles. The standard InChI is InChI=1S/C36H36F5N3O4/c1-4-48-30(45)17-10-18-42-33(22-11-6-5-7-12-22)28-20-43-34-24(19-25-26(36(39,40)41)14-9-15-27(25)37)21(2)31(35(46)44(28)34)23-13-8-16-29(47-3)32(23)38/h5-9,11-16,28,33,42-43H,4,10,17-20H2,1-3H3/t28-,33?/m1/s1. The molecule has 1 aliphatic heterocycles. The highest BCUT2D eigenvalue weighted by molar-refractivity contribution is 5.74. The van der Waals surface area contributed by atoms with Crippen molar-refractivity contribution in [1.29, 1.82) is 0 Å². The van der Waals surface area contributed by atoms with Crippen LogP contribution in [0.4, 0.5) is 27.8 Å². The molecule has 0 saturated heterocycles. The van der Waals surface area contributed by atoms with E-state index in [-0.39, 0.29) is 59.4 Å². The van der Waals surface area contributed by atoms with Crippen LogP contribution in [0.2, 0.25) is 0 Å². The predicted octanol–water partition coefficient (Wildman–Crippen LogP) is 7.36. The number of nitrogens with one attached hydrogen (secondary N) is 2. The normalized spacial score (nSPS) is 14.7. The first-order chi connectivity index (χ1) is 23.0. The third-order valence-electron chi connectivity index (χ3n) is 8.60. The van der Waals surface area contributed by atoms with E-state index in [1.165, 1.54) is 36.8 Å². The van der Waals surface area contributed by atoms with Crippen molar-refractivity contribution < 1.29 is 36.2 Å². The van der Waals surface area contributed by atoms with Gasteiger partial charge in [0.25, 0.3) is 5.56 Å². The van der Waals surface area contributed by atoms with Gasteiger partial charge in [0.05, 0.1) is 36.9 Å². The van der Waals surface area contributed by atoms with Crippen molar-refractivity contribution in [2.24, 2.45) is 0 Å². The van der Waals surface area contributed by atoms with Gasteiger partial charge in [-0.15, -0.1) is 0 Å². The number of ether oxygens (including phenoxy) is 2. The summed E-state index contributed by atoms with van der Waals surface area (Å²) in [5, 5.41) is 6.66. The highest BCUT2D eigenvalue weighted by Gasteiger charge is 2.38. The molecule has 48 heavy (non-hydrogen) atoms. The third kappa shape index (κ3) is 6.94. The summed E-state index contributed by atoms with van der Waals surface area (Å²) in [6.07, 6.45) is -4.75. The van der Waals surface area contributed by atoms with Gasteiger partial charge in [0.1, 0.15) is 11.6 Å². The molecule has 7 nitrogen and oxygen atoms in total. The second kappa shape index (κ2) is 14.6. The van der Waals surface area contributed by atoms with Gasteiger partial charge in [0.15, 0.2) is 11.6 Å². The molecule has 0 spiro atoms. The molecule has 1 aliphatic rings. The maximum Gasteiger partial charge on any atom is 0.416 e. The van der Waals surface area contributed by atoms with Gasteiger partial charge in [0.2, 0.25) is 0 Å². The van der Waals surface area contributed by atoms with Crippen LogP contribution in [0, 0.1) is 18.6 Å². The minimum Gasteiger partial charge on any atom is -0.494 e. The number of pyridine rings is 1. The Hall–Kier alpha value is -4.71. The lowest BCUT2D eigenvalue weighted by atomic mass is 9.91. The van der Waals surface area contributed by atoms with Gasteiger partial charge in [-0.05, 0) is 56.1 Å². The number of hydrogen-bond donors (Lipinski definition) is 2. The van der Waals surface area contributed by atoms with Crippen molar-refractivity contribution in [3.8, 4) is 16.9 Å². The Bertz CT molecular complexity index is 1840. The van der Waals surface area contributed by atoms with E-state index in [0.717, 1.165) is 23.8 Å². The molecular formula is C36H36F5N3O4. The first-order valence-corrected chi connectivity index (χ1v) is 15.6. The van der Waals surface area contributed by atoms with Crippen molar-refractivity contribution in [2.75, 3.05) is 32.1 Å². The van der Waals surface area contributed by atoms with Gasteiger partial charge in [-0.3, -0.25) is 14.2 Å². The summed E-state index contributed by atoms with van der Waals surface area (Å²) in [5.74, 6) is -2.10. The largest absolute Gasteiger partial charge is 0.494 e. The van der Waals surface area contributed by atoms with Crippen LogP contribution >= 0.6 is 0 Å². The Kier molecular flexibility index (Phi) is 10.5. The van der Waals surface area contributed by atoms with Crippen LogP contribution in [0.3, 0.4) is 0 Å². The number of benzene rings is 3. The van der Waals surface area contributed by atoms with E-state index in [4.69, 9.17) is 9.47 Å². The number of hydrogen-bond acceptors (Lipinski definition) is 6. The highest BCUT2D eigenvalue weighted by atomic mass is 19.4. The Morgan fingerprint density at radius 3 is 2.46 bits per heavy atom. The number of alkyl halides is 3. The maximum atomic E-state index is 15.8. The van der Waals surface area contributed by atoms with Crippen molar-refractivity contribution in [3.63, 3.8) is 0 Å². The Morgan fingerprint density at radius 1 is 1.04 bits per heavy atom. The van der Waals surface area contributed by atoms with Crippen molar-refractivity contribution >= 4 is 11.8 Å². The minimum atomic E-state index is -4.84. The molecule has 12 heteroatoms. The van der Waals surface area contributed by atoms with Gasteiger partial charge < -0.3 is 20.1 Å². The Labute approximate surface area is 274 Å². The Balaban J connectivity index is 1.69. The number of carbonyl (C=O) groups is 1. The minimum absolute atomic E-state index is 0.0714. The van der Waals surface area contributed by atoms with Crippen molar-refractivity contribution in [2.45, 2.75) is 51.4 Å². The van der Waals surface area contributed by atoms with Gasteiger partial charge >= 0.3 is 12.1 Å². The molecule has 0 amide bonds. The second-order valence-corrected chi connectivity index (χ2v) is 11.5. The highest BCUT2D eigenvalue weighted by Crippen LogP contribution is 2.41. The molecule has 2 N–H and O–H groups in total. The summed E-state index contributed by atoms with van der Waals surface area (Å²) in [4.78, 5) is 26.5. The maximum absolute atomic E-state index is 15.8. The number of carbonyl (C=O) groups excluding carboxylic acids is 1. The van der Waals surface area contributed by atoms with Crippen LogP contribution in [0.15, 0.2) is 71.5 Å².